The van der Waals surface area contributed by atoms with E-state index in [1.54, 1.807) is 12.1 Å². The number of benzene rings is 1. The Balaban J connectivity index is 2.88. The number of rotatable bonds is 1. The number of carbonyl (C=O) groups excluding carboxylic acids is 1. The van der Waals surface area contributed by atoms with E-state index in [1.807, 2.05) is 0 Å². The quantitative estimate of drug-likeness (QED) is 0.709. The molecule has 5 N–H and O–H groups in total. The molecule has 0 saturated carbocycles. The highest BCUT2D eigenvalue weighted by molar-refractivity contribution is 9.10. The Bertz CT molecular complexity index is 519. The predicted molar refractivity (Wildman–Crippen MR) is 56.7 cm³/mol. The van der Waals surface area contributed by atoms with Crippen LogP contribution in [0.25, 0.3) is 11.0 Å². The van der Waals surface area contributed by atoms with E-state index < -0.39 is 5.91 Å². The molecule has 0 saturated heterocycles. The number of nitrogen functional groups attached to an aromatic ring is 1. The van der Waals surface area contributed by atoms with Gasteiger partial charge in [0.1, 0.15) is 5.52 Å². The maximum atomic E-state index is 11.1. The largest absolute Gasteiger partial charge is 0.369 e. The van der Waals surface area contributed by atoms with Crippen molar-refractivity contribution in [2.75, 3.05) is 5.73 Å². The number of hydrogen-bond donors (Lipinski definition) is 3. The number of amides is 1. The van der Waals surface area contributed by atoms with Crippen LogP contribution in [0.15, 0.2) is 16.6 Å². The molecule has 14 heavy (non-hydrogen) atoms. The number of hydrogen-bond acceptors (Lipinski definition) is 3. The van der Waals surface area contributed by atoms with Gasteiger partial charge >= 0.3 is 0 Å². The van der Waals surface area contributed by atoms with Crippen LogP contribution in [0, 0.1) is 0 Å². The molecule has 6 heteroatoms. The number of fused-ring (bicyclic) bond motifs is 1. The van der Waals surface area contributed by atoms with Crippen LogP contribution < -0.4 is 11.5 Å². The molecule has 1 aromatic carbocycles. The highest BCUT2D eigenvalue weighted by Gasteiger charge is 2.13. The number of nitrogens with one attached hydrogen (secondary N) is 1. The third-order valence-corrected chi connectivity index (χ3v) is 2.53. The van der Waals surface area contributed by atoms with Gasteiger partial charge in [-0.25, -0.2) is 4.98 Å². The van der Waals surface area contributed by atoms with E-state index in [9.17, 15) is 4.79 Å². The number of nitrogens with zero attached hydrogens (tertiary/aromatic N) is 1. The van der Waals surface area contributed by atoms with Gasteiger partial charge in [-0.3, -0.25) is 4.79 Å². The van der Waals surface area contributed by atoms with Gasteiger partial charge in [0, 0.05) is 4.47 Å². The van der Waals surface area contributed by atoms with Crippen molar-refractivity contribution in [1.29, 1.82) is 0 Å². The average molecular weight is 255 g/mol. The maximum Gasteiger partial charge on any atom is 0.252 e. The second kappa shape index (κ2) is 2.98. The van der Waals surface area contributed by atoms with Gasteiger partial charge in [-0.1, -0.05) is 0 Å². The van der Waals surface area contributed by atoms with Crippen LogP contribution in [-0.2, 0) is 0 Å². The summed E-state index contributed by atoms with van der Waals surface area (Å²) in [6.07, 6.45) is 0. The topological polar surface area (TPSA) is 97.8 Å². The summed E-state index contributed by atoms with van der Waals surface area (Å²) in [4.78, 5) is 17.9. The van der Waals surface area contributed by atoms with E-state index in [0.29, 0.717) is 21.1 Å². The summed E-state index contributed by atoms with van der Waals surface area (Å²) >= 11 is 3.23. The summed E-state index contributed by atoms with van der Waals surface area (Å²) in [5.74, 6) is -0.269. The normalized spacial score (nSPS) is 10.6. The number of halogens is 1. The van der Waals surface area contributed by atoms with Crippen LogP contribution in [0.3, 0.4) is 0 Å². The standard InChI is InChI=1S/C8H7BrN4O/c9-3-1-2-4-6(5(3)7(10)14)13-8(11)12-4/h1-2H,(H2,10,14)(H3,11,12,13). The fourth-order valence-corrected chi connectivity index (χ4v) is 1.82. The molecule has 0 spiro atoms. The third-order valence-electron chi connectivity index (χ3n) is 1.87. The number of carbonyl (C=O) groups is 1. The summed E-state index contributed by atoms with van der Waals surface area (Å²) in [5.41, 5.74) is 12.2. The summed E-state index contributed by atoms with van der Waals surface area (Å²) in [6.45, 7) is 0. The molecule has 0 unspecified atom stereocenters. The van der Waals surface area contributed by atoms with E-state index in [2.05, 4.69) is 25.9 Å². The molecule has 0 fully saturated rings. The SMILES string of the molecule is NC(=O)c1c(Br)ccc2[nH]c(N)nc12. The summed E-state index contributed by atoms with van der Waals surface area (Å²) in [5, 5.41) is 0. The molecular formula is C8H7BrN4O. The average Bonchev–Trinajstić information content (AvgIpc) is 2.43. The minimum atomic E-state index is -0.533. The number of imidazole rings is 1. The Kier molecular flexibility index (Phi) is 1.92. The summed E-state index contributed by atoms with van der Waals surface area (Å²) in [7, 11) is 0. The second-order valence-electron chi connectivity index (χ2n) is 2.80. The lowest BCUT2D eigenvalue weighted by Gasteiger charge is -1.99. The van der Waals surface area contributed by atoms with Crippen LogP contribution in [0.5, 0.6) is 0 Å². The minimum Gasteiger partial charge on any atom is -0.369 e. The molecule has 5 nitrogen and oxygen atoms in total. The molecule has 72 valence electrons. The first-order valence-electron chi connectivity index (χ1n) is 3.83. The number of H-pyrrole nitrogens is 1. The van der Waals surface area contributed by atoms with Gasteiger partial charge in [0.2, 0.25) is 0 Å². The summed E-state index contributed by atoms with van der Waals surface area (Å²) in [6, 6.07) is 3.50. The molecule has 0 atom stereocenters. The highest BCUT2D eigenvalue weighted by Crippen LogP contribution is 2.24. The smallest absolute Gasteiger partial charge is 0.252 e. The van der Waals surface area contributed by atoms with Gasteiger partial charge < -0.3 is 16.5 Å². The number of anilines is 1. The van der Waals surface area contributed by atoms with Crippen LogP contribution in [0.1, 0.15) is 10.4 Å². The maximum absolute atomic E-state index is 11.1. The minimum absolute atomic E-state index is 0.264. The molecular weight excluding hydrogens is 248 g/mol. The number of aromatic amines is 1. The van der Waals surface area contributed by atoms with E-state index in [0.717, 1.165) is 0 Å². The first-order chi connectivity index (χ1) is 6.59. The molecule has 0 radical (unpaired) electrons. The molecule has 2 aromatic rings. The first kappa shape index (κ1) is 9.01. The molecule has 0 bridgehead atoms. The van der Waals surface area contributed by atoms with E-state index in [-0.39, 0.29) is 5.95 Å². The Morgan fingerprint density at radius 3 is 2.86 bits per heavy atom. The van der Waals surface area contributed by atoms with Crippen molar-refractivity contribution in [3.05, 3.63) is 22.2 Å². The van der Waals surface area contributed by atoms with Crippen LogP contribution >= 0.6 is 15.9 Å². The second-order valence-corrected chi connectivity index (χ2v) is 3.66. The molecule has 0 aliphatic carbocycles. The van der Waals surface area contributed by atoms with Crippen molar-refractivity contribution in [3.8, 4) is 0 Å². The molecule has 1 heterocycles. The Morgan fingerprint density at radius 1 is 1.50 bits per heavy atom. The zero-order valence-corrected chi connectivity index (χ0v) is 8.63. The van der Waals surface area contributed by atoms with Crippen LogP contribution in [0.2, 0.25) is 0 Å². The highest BCUT2D eigenvalue weighted by atomic mass is 79.9. The monoisotopic (exact) mass is 254 g/mol. The summed E-state index contributed by atoms with van der Waals surface area (Å²) < 4.78 is 0.615. The number of nitrogens with two attached hydrogens (primary N) is 2. The van der Waals surface area contributed by atoms with Crippen molar-refractivity contribution >= 4 is 38.8 Å². The molecule has 2 rings (SSSR count). The molecule has 0 aliphatic rings. The fourth-order valence-electron chi connectivity index (χ4n) is 1.30. The Hall–Kier alpha value is -1.56. The van der Waals surface area contributed by atoms with Gasteiger partial charge in [-0.15, -0.1) is 0 Å². The van der Waals surface area contributed by atoms with Gasteiger partial charge in [0.15, 0.2) is 5.95 Å². The van der Waals surface area contributed by atoms with E-state index in [1.165, 1.54) is 0 Å². The lowest BCUT2D eigenvalue weighted by Crippen LogP contribution is -2.12. The van der Waals surface area contributed by atoms with Crippen molar-refractivity contribution in [3.63, 3.8) is 0 Å². The van der Waals surface area contributed by atoms with E-state index >= 15 is 0 Å². The molecule has 1 amide bonds. The Morgan fingerprint density at radius 2 is 2.21 bits per heavy atom. The zero-order valence-electron chi connectivity index (χ0n) is 7.04. The van der Waals surface area contributed by atoms with Crippen LogP contribution in [-0.4, -0.2) is 15.9 Å². The number of primary amides is 1. The van der Waals surface area contributed by atoms with Crippen LogP contribution in [0.4, 0.5) is 5.95 Å². The van der Waals surface area contributed by atoms with Gasteiger partial charge in [0.05, 0.1) is 11.1 Å². The van der Waals surface area contributed by atoms with Crippen molar-refractivity contribution in [2.24, 2.45) is 5.73 Å². The molecule has 1 aromatic heterocycles. The zero-order chi connectivity index (χ0) is 10.3. The van der Waals surface area contributed by atoms with Crippen molar-refractivity contribution in [1.82, 2.24) is 9.97 Å². The van der Waals surface area contributed by atoms with E-state index in [4.69, 9.17) is 11.5 Å². The molecule has 0 aliphatic heterocycles. The van der Waals surface area contributed by atoms with Gasteiger partial charge in [-0.05, 0) is 28.1 Å². The lowest BCUT2D eigenvalue weighted by atomic mass is 10.2. The fraction of sp³-hybridized carbons (Fsp3) is 0. The van der Waals surface area contributed by atoms with Crippen molar-refractivity contribution in [2.45, 2.75) is 0 Å². The van der Waals surface area contributed by atoms with Gasteiger partial charge in [0.25, 0.3) is 5.91 Å². The predicted octanol–water partition coefficient (Wildman–Crippen LogP) is 1.01. The van der Waals surface area contributed by atoms with Gasteiger partial charge in [-0.2, -0.15) is 0 Å². The Labute approximate surface area is 87.6 Å². The third kappa shape index (κ3) is 1.24. The first-order valence-corrected chi connectivity index (χ1v) is 4.62. The van der Waals surface area contributed by atoms with Crippen molar-refractivity contribution < 1.29 is 4.79 Å². The lowest BCUT2D eigenvalue weighted by molar-refractivity contribution is 0.100. The number of aromatic nitrogens is 2.